The van der Waals surface area contributed by atoms with Gasteiger partial charge in [0, 0.05) is 41.3 Å². The van der Waals surface area contributed by atoms with Crippen molar-refractivity contribution >= 4 is 27.5 Å². The maximum atomic E-state index is 9.03. The summed E-state index contributed by atoms with van der Waals surface area (Å²) in [7, 11) is 0. The minimum atomic E-state index is -0.0395. The molecule has 2 rings (SSSR count). The number of nitrogens with two attached hydrogens (primary N) is 1. The molecular weight excluding hydrogens is 352 g/mol. The van der Waals surface area contributed by atoms with Gasteiger partial charge in [0.15, 0.2) is 0 Å². The number of aliphatic hydroxyl groups is 1. The summed E-state index contributed by atoms with van der Waals surface area (Å²) in [4.78, 5) is 2.48. The Hall–Kier alpha value is -0.130. The zero-order valence-electron chi connectivity index (χ0n) is 12.3. The van der Waals surface area contributed by atoms with E-state index in [1.54, 1.807) is 0 Å². The van der Waals surface area contributed by atoms with Crippen molar-refractivity contribution in [3.05, 3.63) is 33.3 Å². The number of nitrogens with zero attached hydrogens (tertiary/aromatic N) is 1. The molecule has 0 amide bonds. The highest BCUT2D eigenvalue weighted by atomic mass is 79.9. The highest BCUT2D eigenvalue weighted by Gasteiger charge is 2.24. The van der Waals surface area contributed by atoms with Crippen molar-refractivity contribution in [2.75, 3.05) is 19.7 Å². The van der Waals surface area contributed by atoms with Crippen LogP contribution in [-0.4, -0.2) is 35.7 Å². The van der Waals surface area contributed by atoms with Crippen LogP contribution in [0.4, 0.5) is 0 Å². The number of benzene rings is 1. The second kappa shape index (κ2) is 8.49. The molecule has 1 aromatic carbocycles. The molecule has 1 atom stereocenters. The van der Waals surface area contributed by atoms with E-state index in [1.165, 1.54) is 19.3 Å². The number of aliphatic hydroxyl groups excluding tert-OH is 1. The zero-order chi connectivity index (χ0) is 15.2. The predicted octanol–water partition coefficient (Wildman–Crippen LogP) is 3.73. The Morgan fingerprint density at radius 2 is 2.14 bits per heavy atom. The van der Waals surface area contributed by atoms with E-state index < -0.39 is 0 Å². The molecule has 0 aromatic heterocycles. The van der Waals surface area contributed by atoms with Crippen molar-refractivity contribution < 1.29 is 5.11 Å². The Bertz CT molecular complexity index is 454. The van der Waals surface area contributed by atoms with Crippen LogP contribution in [0.15, 0.2) is 22.7 Å². The van der Waals surface area contributed by atoms with E-state index in [1.807, 2.05) is 18.2 Å². The van der Waals surface area contributed by atoms with Gasteiger partial charge in [-0.1, -0.05) is 40.0 Å². The average Bonchev–Trinajstić information content (AvgIpc) is 2.39. The van der Waals surface area contributed by atoms with Gasteiger partial charge in [0.2, 0.25) is 0 Å². The molecule has 0 saturated heterocycles. The summed E-state index contributed by atoms with van der Waals surface area (Å²) >= 11 is 9.68. The summed E-state index contributed by atoms with van der Waals surface area (Å²) in [6.45, 7) is 2.19. The molecule has 0 radical (unpaired) electrons. The average molecular weight is 376 g/mol. The molecule has 3 N–H and O–H groups in total. The molecular formula is C16H24BrClN2O. The van der Waals surface area contributed by atoms with E-state index in [4.69, 9.17) is 22.4 Å². The third-order valence-electron chi connectivity index (χ3n) is 4.28. The van der Waals surface area contributed by atoms with Crippen LogP contribution in [0.25, 0.3) is 0 Å². The standard InChI is InChI=1S/C16H24BrClN2O/c17-12-5-6-14(15(18)11-12)16(19)7-9-20(8-2-10-21)13-3-1-4-13/h5-6,11,13,16,21H,1-4,7-10,19H2. The SMILES string of the molecule is NC(CCN(CCCO)C1CCC1)c1ccc(Br)cc1Cl. The molecule has 0 spiro atoms. The maximum Gasteiger partial charge on any atom is 0.0464 e. The van der Waals surface area contributed by atoms with Crippen LogP contribution < -0.4 is 5.73 Å². The molecule has 3 nitrogen and oxygen atoms in total. The highest BCUT2D eigenvalue weighted by Crippen LogP contribution is 2.29. The first kappa shape index (κ1) is 17.2. The van der Waals surface area contributed by atoms with Crippen molar-refractivity contribution in [3.63, 3.8) is 0 Å². The minimum absolute atomic E-state index is 0.0395. The lowest BCUT2D eigenvalue weighted by atomic mass is 9.91. The van der Waals surface area contributed by atoms with Gasteiger partial charge in [-0.2, -0.15) is 0 Å². The van der Waals surface area contributed by atoms with E-state index in [0.717, 1.165) is 41.0 Å². The van der Waals surface area contributed by atoms with Gasteiger partial charge in [-0.15, -0.1) is 0 Å². The van der Waals surface area contributed by atoms with Crippen molar-refractivity contribution in [1.29, 1.82) is 0 Å². The normalized spacial score (nSPS) is 17.0. The summed E-state index contributed by atoms with van der Waals surface area (Å²) in [5.41, 5.74) is 7.32. The second-order valence-electron chi connectivity index (χ2n) is 5.76. The number of hydrogen-bond donors (Lipinski definition) is 2. The zero-order valence-corrected chi connectivity index (χ0v) is 14.6. The van der Waals surface area contributed by atoms with Gasteiger partial charge >= 0.3 is 0 Å². The Morgan fingerprint density at radius 3 is 2.71 bits per heavy atom. The van der Waals surface area contributed by atoms with Gasteiger partial charge in [0.05, 0.1) is 0 Å². The van der Waals surface area contributed by atoms with Gasteiger partial charge < -0.3 is 15.7 Å². The van der Waals surface area contributed by atoms with E-state index in [2.05, 4.69) is 20.8 Å². The Labute approximate surface area is 140 Å². The molecule has 1 saturated carbocycles. The molecule has 1 aromatic rings. The van der Waals surface area contributed by atoms with E-state index in [0.29, 0.717) is 6.04 Å². The summed E-state index contributed by atoms with van der Waals surface area (Å²) in [5.74, 6) is 0. The fourth-order valence-electron chi connectivity index (χ4n) is 2.77. The van der Waals surface area contributed by atoms with Gasteiger partial charge in [-0.3, -0.25) is 0 Å². The monoisotopic (exact) mass is 374 g/mol. The summed E-state index contributed by atoms with van der Waals surface area (Å²) < 4.78 is 0.975. The molecule has 0 heterocycles. The number of hydrogen-bond acceptors (Lipinski definition) is 3. The third kappa shape index (κ3) is 4.93. The summed E-state index contributed by atoms with van der Waals surface area (Å²) in [6.07, 6.45) is 5.61. The van der Waals surface area contributed by atoms with E-state index in [9.17, 15) is 0 Å². The largest absolute Gasteiger partial charge is 0.396 e. The molecule has 0 aliphatic heterocycles. The Morgan fingerprint density at radius 1 is 1.38 bits per heavy atom. The van der Waals surface area contributed by atoms with Crippen LogP contribution in [0, 0.1) is 0 Å². The molecule has 0 bridgehead atoms. The molecule has 1 aliphatic rings. The predicted molar refractivity (Wildman–Crippen MR) is 91.6 cm³/mol. The van der Waals surface area contributed by atoms with Crippen molar-refractivity contribution in [3.8, 4) is 0 Å². The maximum absolute atomic E-state index is 9.03. The third-order valence-corrected chi connectivity index (χ3v) is 5.10. The number of halogens is 2. The topological polar surface area (TPSA) is 49.5 Å². The number of rotatable bonds is 8. The molecule has 5 heteroatoms. The quantitative estimate of drug-likeness (QED) is 0.728. The van der Waals surface area contributed by atoms with Gasteiger partial charge in [0.25, 0.3) is 0 Å². The van der Waals surface area contributed by atoms with Crippen LogP contribution in [-0.2, 0) is 0 Å². The summed E-state index contributed by atoms with van der Waals surface area (Å²) in [6, 6.07) is 6.52. The van der Waals surface area contributed by atoms with Crippen molar-refractivity contribution in [2.24, 2.45) is 5.73 Å². The van der Waals surface area contributed by atoms with Crippen molar-refractivity contribution in [2.45, 2.75) is 44.2 Å². The lowest BCUT2D eigenvalue weighted by Gasteiger charge is -2.38. The fourth-order valence-corrected chi connectivity index (χ4v) is 3.58. The molecule has 1 aliphatic carbocycles. The second-order valence-corrected chi connectivity index (χ2v) is 7.08. The molecule has 21 heavy (non-hydrogen) atoms. The van der Waals surface area contributed by atoms with Crippen LogP contribution >= 0.6 is 27.5 Å². The minimum Gasteiger partial charge on any atom is -0.396 e. The van der Waals surface area contributed by atoms with Gasteiger partial charge in [-0.05, 0) is 43.4 Å². The van der Waals surface area contributed by atoms with Gasteiger partial charge in [-0.25, -0.2) is 0 Å². The lowest BCUT2D eigenvalue weighted by molar-refractivity contribution is 0.113. The van der Waals surface area contributed by atoms with E-state index >= 15 is 0 Å². The molecule has 1 fully saturated rings. The Kier molecular flexibility index (Phi) is 6.96. The van der Waals surface area contributed by atoms with Crippen molar-refractivity contribution in [1.82, 2.24) is 4.90 Å². The summed E-state index contributed by atoms with van der Waals surface area (Å²) in [5, 5.41) is 9.76. The van der Waals surface area contributed by atoms with E-state index in [-0.39, 0.29) is 12.6 Å². The smallest absolute Gasteiger partial charge is 0.0464 e. The Balaban J connectivity index is 1.89. The first-order chi connectivity index (χ1) is 10.1. The van der Waals surface area contributed by atoms with Crippen LogP contribution in [0.1, 0.15) is 43.7 Å². The molecule has 1 unspecified atom stereocenters. The lowest BCUT2D eigenvalue weighted by Crippen LogP contribution is -2.42. The first-order valence-corrected chi connectivity index (χ1v) is 8.84. The van der Waals surface area contributed by atoms with Crippen LogP contribution in [0.3, 0.4) is 0 Å². The fraction of sp³-hybridized carbons (Fsp3) is 0.625. The van der Waals surface area contributed by atoms with Gasteiger partial charge in [0.1, 0.15) is 0 Å². The van der Waals surface area contributed by atoms with Crippen LogP contribution in [0.5, 0.6) is 0 Å². The van der Waals surface area contributed by atoms with Crippen LogP contribution in [0.2, 0.25) is 5.02 Å². The highest BCUT2D eigenvalue weighted by molar-refractivity contribution is 9.10. The first-order valence-electron chi connectivity index (χ1n) is 7.67. The molecule has 118 valence electrons.